The molecule has 0 atom stereocenters. The monoisotopic (exact) mass is 367 g/mol. The Kier molecular flexibility index (Phi) is 5.39. The molecule has 5 nitrogen and oxygen atoms in total. The van der Waals surface area contributed by atoms with Gasteiger partial charge in [0.15, 0.2) is 0 Å². The number of para-hydroxylation sites is 1. The van der Waals surface area contributed by atoms with Gasteiger partial charge >= 0.3 is 0 Å². The highest BCUT2D eigenvalue weighted by Gasteiger charge is 2.13. The molecule has 1 N–H and O–H groups in total. The van der Waals surface area contributed by atoms with Crippen molar-refractivity contribution in [3.05, 3.63) is 77.4 Å². The number of ether oxygens (including phenoxy) is 1. The fourth-order valence-electron chi connectivity index (χ4n) is 2.45. The third kappa shape index (κ3) is 3.95. The molecule has 1 aromatic heterocycles. The molecule has 3 rings (SSSR count). The lowest BCUT2D eigenvalue weighted by Gasteiger charge is -2.17. The molecule has 0 aliphatic rings. The Morgan fingerprint density at radius 3 is 2.50 bits per heavy atom. The van der Waals surface area contributed by atoms with Crippen LogP contribution in [-0.4, -0.2) is 25.0 Å². The van der Waals surface area contributed by atoms with Gasteiger partial charge in [-0.15, -0.1) is 0 Å². The lowest BCUT2D eigenvalue weighted by atomic mass is 10.2. The quantitative estimate of drug-likeness (QED) is 0.706. The smallest absolute Gasteiger partial charge is 0.259 e. The van der Waals surface area contributed by atoms with Crippen molar-refractivity contribution in [1.29, 1.82) is 0 Å². The summed E-state index contributed by atoms with van der Waals surface area (Å²) in [6, 6.07) is 18.3. The third-order valence-electron chi connectivity index (χ3n) is 3.88. The number of nitrogens with zero attached hydrogens (tertiary/aromatic N) is 2. The highest BCUT2D eigenvalue weighted by Crippen LogP contribution is 2.28. The first-order chi connectivity index (χ1) is 12.6. The molecule has 0 saturated heterocycles. The lowest BCUT2D eigenvalue weighted by molar-refractivity contribution is 0.0992. The molecule has 0 aliphatic carbocycles. The summed E-state index contributed by atoms with van der Waals surface area (Å²) in [5, 5.41) is 3.66. The minimum Gasteiger partial charge on any atom is -0.495 e. The fourth-order valence-corrected chi connectivity index (χ4v) is 2.71. The molecule has 132 valence electrons. The number of hydrogen-bond donors (Lipinski definition) is 1. The number of pyridine rings is 1. The number of halogens is 1. The fraction of sp³-hybridized carbons (Fsp3) is 0.100. The Labute approximate surface area is 157 Å². The van der Waals surface area contributed by atoms with Crippen LogP contribution in [0.25, 0.3) is 0 Å². The number of hydrogen-bond acceptors (Lipinski definition) is 4. The van der Waals surface area contributed by atoms with Gasteiger partial charge in [-0.3, -0.25) is 4.79 Å². The molecule has 6 heteroatoms. The molecule has 3 aromatic rings. The van der Waals surface area contributed by atoms with Gasteiger partial charge < -0.3 is 15.0 Å². The van der Waals surface area contributed by atoms with E-state index in [1.165, 1.54) is 0 Å². The maximum atomic E-state index is 12.6. The van der Waals surface area contributed by atoms with Gasteiger partial charge in [0.25, 0.3) is 5.91 Å². The molecule has 0 bridgehead atoms. The third-order valence-corrected chi connectivity index (χ3v) is 4.18. The number of aromatic nitrogens is 1. The van der Waals surface area contributed by atoms with E-state index >= 15 is 0 Å². The van der Waals surface area contributed by atoms with Crippen molar-refractivity contribution < 1.29 is 9.53 Å². The zero-order valence-electron chi connectivity index (χ0n) is 14.4. The van der Waals surface area contributed by atoms with E-state index in [1.54, 1.807) is 49.5 Å². The topological polar surface area (TPSA) is 54.5 Å². The van der Waals surface area contributed by atoms with Crippen molar-refractivity contribution in [2.75, 3.05) is 24.4 Å². The first-order valence-electron chi connectivity index (χ1n) is 7.98. The van der Waals surface area contributed by atoms with Crippen LogP contribution in [0.2, 0.25) is 5.02 Å². The first kappa shape index (κ1) is 17.8. The molecular weight excluding hydrogens is 350 g/mol. The highest BCUT2D eigenvalue weighted by atomic mass is 35.5. The minimum atomic E-state index is -0.122. The maximum absolute atomic E-state index is 12.6. The van der Waals surface area contributed by atoms with Crippen LogP contribution in [0, 0.1) is 0 Å². The van der Waals surface area contributed by atoms with E-state index in [0.29, 0.717) is 22.2 Å². The Hall–Kier alpha value is -3.05. The van der Waals surface area contributed by atoms with Gasteiger partial charge in [-0.25, -0.2) is 4.98 Å². The molecule has 0 saturated carbocycles. The number of carbonyl (C=O) groups excluding carboxylic acids is 1. The SMILES string of the molecule is COc1ccc(Nc2ccc(C(=O)N(C)c3ccccc3)cn2)cc1Cl. The lowest BCUT2D eigenvalue weighted by Crippen LogP contribution is -2.26. The Bertz CT molecular complexity index is 899. The zero-order chi connectivity index (χ0) is 18.5. The van der Waals surface area contributed by atoms with E-state index in [2.05, 4.69) is 10.3 Å². The van der Waals surface area contributed by atoms with E-state index in [4.69, 9.17) is 16.3 Å². The van der Waals surface area contributed by atoms with Gasteiger partial charge in [0.2, 0.25) is 0 Å². The van der Waals surface area contributed by atoms with Gasteiger partial charge in [0.05, 0.1) is 17.7 Å². The maximum Gasteiger partial charge on any atom is 0.259 e. The molecule has 0 aliphatic heterocycles. The molecule has 26 heavy (non-hydrogen) atoms. The second kappa shape index (κ2) is 7.89. The number of nitrogens with one attached hydrogen (secondary N) is 1. The van der Waals surface area contributed by atoms with E-state index in [0.717, 1.165) is 11.4 Å². The summed E-state index contributed by atoms with van der Waals surface area (Å²) >= 11 is 6.12. The zero-order valence-corrected chi connectivity index (χ0v) is 15.2. The standard InChI is InChI=1S/C20H18ClN3O2/c1-24(16-6-4-3-5-7-16)20(25)14-8-11-19(22-13-14)23-15-9-10-18(26-2)17(21)12-15/h3-13H,1-2H3,(H,22,23). The van der Waals surface area contributed by atoms with Crippen molar-refractivity contribution in [2.45, 2.75) is 0 Å². The molecule has 1 amide bonds. The molecule has 2 aromatic carbocycles. The summed E-state index contributed by atoms with van der Waals surface area (Å²) in [5.74, 6) is 1.10. The van der Waals surface area contributed by atoms with Crippen LogP contribution in [0.1, 0.15) is 10.4 Å². The number of carbonyl (C=O) groups is 1. The summed E-state index contributed by atoms with van der Waals surface area (Å²) in [6.45, 7) is 0. The number of anilines is 3. The molecule has 0 unspecified atom stereocenters. The van der Waals surface area contributed by atoms with Crippen LogP contribution in [0.4, 0.5) is 17.2 Å². The molecule has 0 fully saturated rings. The van der Waals surface area contributed by atoms with Crippen molar-refractivity contribution in [1.82, 2.24) is 4.98 Å². The Morgan fingerprint density at radius 1 is 1.12 bits per heavy atom. The van der Waals surface area contributed by atoms with Crippen LogP contribution in [0.15, 0.2) is 66.9 Å². The normalized spacial score (nSPS) is 10.3. The minimum absolute atomic E-state index is 0.122. The van der Waals surface area contributed by atoms with Crippen LogP contribution in [0.3, 0.4) is 0 Å². The van der Waals surface area contributed by atoms with E-state index in [9.17, 15) is 4.79 Å². The Balaban J connectivity index is 1.72. The second-order valence-electron chi connectivity index (χ2n) is 5.61. The largest absolute Gasteiger partial charge is 0.495 e. The van der Waals surface area contributed by atoms with Crippen molar-refractivity contribution in [3.8, 4) is 5.75 Å². The van der Waals surface area contributed by atoms with Gasteiger partial charge in [0, 0.05) is 24.6 Å². The van der Waals surface area contributed by atoms with Crippen molar-refractivity contribution in [2.24, 2.45) is 0 Å². The van der Waals surface area contributed by atoms with Crippen LogP contribution < -0.4 is 15.0 Å². The van der Waals surface area contributed by atoms with Crippen LogP contribution >= 0.6 is 11.6 Å². The summed E-state index contributed by atoms with van der Waals surface area (Å²) in [6.07, 6.45) is 1.55. The number of benzene rings is 2. The summed E-state index contributed by atoms with van der Waals surface area (Å²) in [7, 11) is 3.31. The number of amides is 1. The highest BCUT2D eigenvalue weighted by molar-refractivity contribution is 6.32. The average Bonchev–Trinajstić information content (AvgIpc) is 2.68. The molecule has 0 radical (unpaired) electrons. The molecule has 1 heterocycles. The van der Waals surface area contributed by atoms with Gasteiger partial charge in [-0.05, 0) is 42.5 Å². The van der Waals surface area contributed by atoms with Gasteiger partial charge in [-0.2, -0.15) is 0 Å². The summed E-state index contributed by atoms with van der Waals surface area (Å²) in [4.78, 5) is 18.5. The molecular formula is C20H18ClN3O2. The van der Waals surface area contributed by atoms with Gasteiger partial charge in [-0.1, -0.05) is 29.8 Å². The number of rotatable bonds is 5. The van der Waals surface area contributed by atoms with Crippen LogP contribution in [0.5, 0.6) is 5.75 Å². The van der Waals surface area contributed by atoms with E-state index in [-0.39, 0.29) is 5.91 Å². The molecule has 0 spiro atoms. The van der Waals surface area contributed by atoms with Gasteiger partial charge in [0.1, 0.15) is 11.6 Å². The van der Waals surface area contributed by atoms with E-state index in [1.807, 2.05) is 36.4 Å². The van der Waals surface area contributed by atoms with Crippen LogP contribution in [-0.2, 0) is 0 Å². The number of methoxy groups -OCH3 is 1. The second-order valence-corrected chi connectivity index (χ2v) is 6.01. The Morgan fingerprint density at radius 2 is 1.88 bits per heavy atom. The average molecular weight is 368 g/mol. The van der Waals surface area contributed by atoms with Crippen molar-refractivity contribution in [3.63, 3.8) is 0 Å². The predicted molar refractivity (Wildman–Crippen MR) is 105 cm³/mol. The predicted octanol–water partition coefficient (Wildman–Crippen LogP) is 4.76. The first-order valence-corrected chi connectivity index (χ1v) is 8.36. The summed E-state index contributed by atoms with van der Waals surface area (Å²) < 4.78 is 5.13. The summed E-state index contributed by atoms with van der Waals surface area (Å²) in [5.41, 5.74) is 2.12. The van der Waals surface area contributed by atoms with Crippen molar-refractivity contribution >= 4 is 34.7 Å². The van der Waals surface area contributed by atoms with E-state index < -0.39 is 0 Å².